The number of aromatic nitrogens is 2. The number of halogens is 2. The molecule has 1 atom stereocenters. The van der Waals surface area contributed by atoms with Gasteiger partial charge in [0.05, 0.1) is 15.6 Å². The topological polar surface area (TPSA) is 64.0 Å². The van der Waals surface area contributed by atoms with Crippen molar-refractivity contribution in [3.8, 4) is 10.6 Å². The second-order valence-corrected chi connectivity index (χ2v) is 7.06. The molecule has 128 valence electrons. The molecule has 3 rings (SSSR count). The van der Waals surface area contributed by atoms with Gasteiger partial charge in [-0.15, -0.1) is 11.3 Å². The van der Waals surface area contributed by atoms with Crippen molar-refractivity contribution in [1.29, 1.82) is 0 Å². The lowest BCUT2D eigenvalue weighted by Crippen LogP contribution is -2.33. The van der Waals surface area contributed by atoms with E-state index in [0.29, 0.717) is 21.4 Å². The summed E-state index contributed by atoms with van der Waals surface area (Å²) in [4.78, 5) is 25.6. The average Bonchev–Trinajstić information content (AvgIpc) is 3.11. The zero-order chi connectivity index (χ0) is 18.0. The normalized spacial score (nSPS) is 12.0. The summed E-state index contributed by atoms with van der Waals surface area (Å²) in [6.07, 6.45) is 0. The molecule has 2 heterocycles. The summed E-state index contributed by atoms with van der Waals surface area (Å²) < 4.78 is 1.16. The van der Waals surface area contributed by atoms with E-state index in [1.165, 1.54) is 23.5 Å². The number of thiophene rings is 1. The number of anilines is 1. The minimum Gasteiger partial charge on any atom is -0.323 e. The monoisotopic (exact) mass is 393 g/mol. The van der Waals surface area contributed by atoms with Crippen LogP contribution in [-0.4, -0.2) is 15.7 Å². The number of benzene rings is 1. The van der Waals surface area contributed by atoms with Crippen LogP contribution < -0.4 is 10.9 Å². The van der Waals surface area contributed by atoms with Crippen molar-refractivity contribution in [1.82, 2.24) is 9.78 Å². The van der Waals surface area contributed by atoms with Crippen molar-refractivity contribution in [3.05, 3.63) is 68.2 Å². The van der Waals surface area contributed by atoms with E-state index in [1.807, 2.05) is 17.5 Å². The van der Waals surface area contributed by atoms with Crippen LogP contribution in [0.15, 0.2) is 52.6 Å². The third kappa shape index (κ3) is 3.92. The molecule has 0 aliphatic rings. The summed E-state index contributed by atoms with van der Waals surface area (Å²) >= 11 is 13.4. The maximum Gasteiger partial charge on any atom is 0.267 e. The van der Waals surface area contributed by atoms with E-state index in [1.54, 1.807) is 25.1 Å². The van der Waals surface area contributed by atoms with Gasteiger partial charge in [0.15, 0.2) is 0 Å². The number of carbonyl (C=O) groups excluding carboxylic acids is 1. The van der Waals surface area contributed by atoms with Crippen molar-refractivity contribution in [2.75, 3.05) is 5.32 Å². The van der Waals surface area contributed by atoms with E-state index in [9.17, 15) is 9.59 Å². The van der Waals surface area contributed by atoms with Gasteiger partial charge in [0.25, 0.3) is 5.56 Å². The lowest BCUT2D eigenvalue weighted by Gasteiger charge is -2.15. The van der Waals surface area contributed by atoms with Crippen LogP contribution in [0.2, 0.25) is 10.0 Å². The van der Waals surface area contributed by atoms with Crippen LogP contribution in [0, 0.1) is 0 Å². The second kappa shape index (κ2) is 7.39. The molecule has 0 fully saturated rings. The van der Waals surface area contributed by atoms with Crippen molar-refractivity contribution < 1.29 is 4.79 Å². The maximum atomic E-state index is 12.5. The molecule has 25 heavy (non-hydrogen) atoms. The fourth-order valence-electron chi connectivity index (χ4n) is 2.20. The molecule has 0 saturated carbocycles. The van der Waals surface area contributed by atoms with Crippen LogP contribution in [0.25, 0.3) is 10.6 Å². The molecule has 0 aliphatic carbocycles. The third-order valence-electron chi connectivity index (χ3n) is 3.53. The molecule has 5 nitrogen and oxygen atoms in total. The van der Waals surface area contributed by atoms with Gasteiger partial charge < -0.3 is 5.32 Å². The molecule has 1 unspecified atom stereocenters. The van der Waals surface area contributed by atoms with Crippen molar-refractivity contribution in [2.45, 2.75) is 13.0 Å². The summed E-state index contributed by atoms with van der Waals surface area (Å²) in [5.74, 6) is -0.401. The Hall–Kier alpha value is -2.15. The van der Waals surface area contributed by atoms with Crippen LogP contribution in [0.1, 0.15) is 13.0 Å². The number of hydrogen-bond acceptors (Lipinski definition) is 4. The first-order valence-corrected chi connectivity index (χ1v) is 8.99. The molecule has 1 N–H and O–H groups in total. The Kier molecular flexibility index (Phi) is 5.22. The Morgan fingerprint density at radius 2 is 2.04 bits per heavy atom. The van der Waals surface area contributed by atoms with Crippen LogP contribution in [-0.2, 0) is 4.79 Å². The zero-order valence-corrected chi connectivity index (χ0v) is 15.4. The predicted molar refractivity (Wildman–Crippen MR) is 102 cm³/mol. The van der Waals surface area contributed by atoms with Gasteiger partial charge >= 0.3 is 0 Å². The van der Waals surface area contributed by atoms with Gasteiger partial charge in [0.1, 0.15) is 11.7 Å². The van der Waals surface area contributed by atoms with E-state index < -0.39 is 11.9 Å². The second-order valence-electron chi connectivity index (χ2n) is 5.27. The summed E-state index contributed by atoms with van der Waals surface area (Å²) in [5, 5.41) is 9.72. The highest BCUT2D eigenvalue weighted by Crippen LogP contribution is 2.26. The van der Waals surface area contributed by atoms with Gasteiger partial charge in [0, 0.05) is 11.1 Å². The molecule has 2 aromatic heterocycles. The molecule has 0 bridgehead atoms. The highest BCUT2D eigenvalue weighted by molar-refractivity contribution is 7.13. The Morgan fingerprint density at radius 1 is 1.24 bits per heavy atom. The lowest BCUT2D eigenvalue weighted by molar-refractivity contribution is -0.119. The average molecular weight is 394 g/mol. The summed E-state index contributed by atoms with van der Waals surface area (Å²) in [6.45, 7) is 1.60. The molecule has 0 radical (unpaired) electrons. The highest BCUT2D eigenvalue weighted by atomic mass is 35.5. The number of carbonyl (C=O) groups is 1. The fraction of sp³-hybridized carbons (Fsp3) is 0.118. The van der Waals surface area contributed by atoms with Crippen molar-refractivity contribution in [2.24, 2.45) is 0 Å². The first kappa shape index (κ1) is 17.7. The molecular weight excluding hydrogens is 381 g/mol. The predicted octanol–water partition coefficient (Wildman–Crippen LogP) is 4.48. The molecule has 1 amide bonds. The number of nitrogens with zero attached hydrogens (tertiary/aromatic N) is 2. The maximum absolute atomic E-state index is 12.5. The molecule has 0 aliphatic heterocycles. The van der Waals surface area contributed by atoms with Crippen LogP contribution in [0.5, 0.6) is 0 Å². The highest BCUT2D eigenvalue weighted by Gasteiger charge is 2.19. The largest absolute Gasteiger partial charge is 0.323 e. The van der Waals surface area contributed by atoms with Crippen LogP contribution in [0.3, 0.4) is 0 Å². The minimum absolute atomic E-state index is 0.320. The Balaban J connectivity index is 1.87. The number of nitrogens with one attached hydrogen (secondary N) is 1. The SMILES string of the molecule is CC(C(=O)Nc1ccc(Cl)cc1Cl)n1nc(-c2cccs2)ccc1=O. The fourth-order valence-corrected chi connectivity index (χ4v) is 3.34. The quantitative estimate of drug-likeness (QED) is 0.710. The van der Waals surface area contributed by atoms with E-state index >= 15 is 0 Å². The summed E-state index contributed by atoms with van der Waals surface area (Å²) in [7, 11) is 0. The molecular formula is C17H13Cl2N3O2S. The van der Waals surface area contributed by atoms with Gasteiger partial charge in [0.2, 0.25) is 5.91 Å². The van der Waals surface area contributed by atoms with E-state index in [2.05, 4.69) is 10.4 Å². The minimum atomic E-state index is -0.806. The molecule has 8 heteroatoms. The van der Waals surface area contributed by atoms with E-state index in [4.69, 9.17) is 23.2 Å². The lowest BCUT2D eigenvalue weighted by atomic mass is 10.2. The van der Waals surface area contributed by atoms with Gasteiger partial charge in [-0.05, 0) is 42.6 Å². The Labute approximate surface area is 157 Å². The molecule has 1 aromatic carbocycles. The van der Waals surface area contributed by atoms with Gasteiger partial charge in [-0.2, -0.15) is 5.10 Å². The van der Waals surface area contributed by atoms with Crippen molar-refractivity contribution in [3.63, 3.8) is 0 Å². The van der Waals surface area contributed by atoms with Crippen LogP contribution in [0.4, 0.5) is 5.69 Å². The smallest absolute Gasteiger partial charge is 0.267 e. The summed E-state index contributed by atoms with van der Waals surface area (Å²) in [5.41, 5.74) is 0.703. The number of rotatable bonds is 4. The van der Waals surface area contributed by atoms with Crippen molar-refractivity contribution >= 4 is 46.1 Å². The zero-order valence-electron chi connectivity index (χ0n) is 13.1. The first-order chi connectivity index (χ1) is 12.0. The first-order valence-electron chi connectivity index (χ1n) is 7.35. The van der Waals surface area contributed by atoms with Gasteiger partial charge in [-0.1, -0.05) is 29.3 Å². The Morgan fingerprint density at radius 3 is 2.72 bits per heavy atom. The van der Waals surface area contributed by atoms with E-state index in [-0.39, 0.29) is 5.56 Å². The van der Waals surface area contributed by atoms with Crippen LogP contribution >= 0.6 is 34.5 Å². The summed E-state index contributed by atoms with van der Waals surface area (Å²) in [6, 6.07) is 10.8. The van der Waals surface area contributed by atoms with Gasteiger partial charge in [-0.3, -0.25) is 9.59 Å². The molecule has 0 spiro atoms. The number of amides is 1. The molecule has 3 aromatic rings. The third-order valence-corrected chi connectivity index (χ3v) is 4.97. The van der Waals surface area contributed by atoms with Gasteiger partial charge in [-0.25, -0.2) is 4.68 Å². The number of hydrogen-bond donors (Lipinski definition) is 1. The van der Waals surface area contributed by atoms with E-state index in [0.717, 1.165) is 9.56 Å². The molecule has 0 saturated heterocycles. The Bertz CT molecular complexity index is 970. The standard InChI is InChI=1S/C17H13Cl2N3O2S/c1-10(17(24)20-13-5-4-11(18)9-12(13)19)22-16(23)7-6-14(21-22)15-3-2-8-25-15/h2-10H,1H3,(H,20,24).